The molecule has 1 aliphatic carbocycles. The number of hydrogen-bond donors (Lipinski definition) is 0. The summed E-state index contributed by atoms with van der Waals surface area (Å²) in [4.78, 5) is 0. The van der Waals surface area contributed by atoms with E-state index >= 15 is 0 Å². The van der Waals surface area contributed by atoms with E-state index in [0.29, 0.717) is 0 Å². The molecule has 0 bridgehead atoms. The molecule has 0 aliphatic heterocycles. The fraction of sp³-hybridized carbons (Fsp3) is 0.810. The monoisotopic (exact) mass is 655 g/mol. The molecule has 0 aromatic rings. The molecule has 1 rings (SSSR count). The molecule has 0 radical (unpaired) electrons. The van der Waals surface area contributed by atoms with E-state index < -0.39 is 49.1 Å². The van der Waals surface area contributed by atoms with Crippen LogP contribution in [0.15, 0.2) is 20.8 Å². The van der Waals surface area contributed by atoms with E-state index in [2.05, 4.69) is 71.9 Å². The summed E-state index contributed by atoms with van der Waals surface area (Å²) in [5.41, 5.74) is 1.48. The first-order valence-corrected chi connectivity index (χ1v) is 29.3. The Morgan fingerprint density at radius 2 is 1.07 bits per heavy atom. The van der Waals surface area contributed by atoms with Gasteiger partial charge in [-0.3, -0.25) is 0 Å². The van der Waals surface area contributed by atoms with Gasteiger partial charge in [0.05, 0.1) is 0 Å². The average molecular weight is 656 g/mol. The van der Waals surface area contributed by atoms with Crippen molar-refractivity contribution in [1.82, 2.24) is 0 Å². The molecule has 0 saturated heterocycles. The van der Waals surface area contributed by atoms with Crippen LogP contribution >= 0.6 is 0 Å². The standard InChI is InChI=1S/C9H15O3Si.3C4H11Si.Pt/c1-8-6-5-7-9(8)13(10-2,11-3)12-4;3*1-5(2,3)4;/h7H,5H2,1-4H3;3*1H2,2-4H3;. The Balaban J connectivity index is 3.68. The molecule has 0 heterocycles. The van der Waals surface area contributed by atoms with Crippen LogP contribution < -0.4 is 0 Å². The van der Waals surface area contributed by atoms with Crippen LogP contribution in [0.2, 0.25) is 72.2 Å². The quantitative estimate of drug-likeness (QED) is 0.224. The van der Waals surface area contributed by atoms with Gasteiger partial charge in [0.2, 0.25) is 0 Å². The summed E-state index contributed by atoms with van der Waals surface area (Å²) in [7, 11) is -1.14. The van der Waals surface area contributed by atoms with Crippen molar-refractivity contribution in [3.63, 3.8) is 0 Å². The minimum atomic E-state index is -2.78. The molecule has 0 saturated carbocycles. The molecule has 0 amide bonds. The third-order valence-electron chi connectivity index (χ3n) is 4.45. The van der Waals surface area contributed by atoms with Gasteiger partial charge in [-0.15, -0.1) is 0 Å². The molecule has 176 valence electrons. The molecular weight excluding hydrogens is 608 g/mol. The number of rotatable bonds is 11. The van der Waals surface area contributed by atoms with E-state index in [4.69, 9.17) is 13.3 Å². The van der Waals surface area contributed by atoms with Crippen molar-refractivity contribution >= 4 is 33.0 Å². The molecule has 29 heavy (non-hydrogen) atoms. The molecule has 0 N–H and O–H groups in total. The molecule has 0 spiro atoms. The van der Waals surface area contributed by atoms with Crippen molar-refractivity contribution in [3.05, 3.63) is 20.8 Å². The van der Waals surface area contributed by atoms with Gasteiger partial charge in [-0.25, -0.2) is 0 Å². The Morgan fingerprint density at radius 3 is 1.34 bits per heavy atom. The molecule has 8 heteroatoms. The van der Waals surface area contributed by atoms with Gasteiger partial charge in [-0.05, 0) is 0 Å². The minimum absolute atomic E-state index is 1.11. The summed E-state index contributed by atoms with van der Waals surface area (Å²) in [6.07, 6.45) is 3.52. The Bertz CT molecular complexity index is 587. The van der Waals surface area contributed by atoms with E-state index in [1.54, 1.807) is 34.6 Å². The van der Waals surface area contributed by atoms with Gasteiger partial charge < -0.3 is 0 Å². The normalized spacial score (nSPS) is 17.8. The average Bonchev–Trinajstić information content (AvgIpc) is 2.87. The van der Waals surface area contributed by atoms with Crippen LogP contribution in [0.25, 0.3) is 0 Å². The van der Waals surface area contributed by atoms with Crippen LogP contribution in [0.5, 0.6) is 0 Å². The van der Waals surface area contributed by atoms with Crippen LogP contribution in [0.4, 0.5) is 0 Å². The van der Waals surface area contributed by atoms with Crippen LogP contribution in [-0.2, 0) is 29.3 Å². The van der Waals surface area contributed by atoms with E-state index in [-0.39, 0.29) is 0 Å². The van der Waals surface area contributed by atoms with Crippen molar-refractivity contribution < 1.29 is 29.3 Å². The third kappa shape index (κ3) is 7.48. The zero-order chi connectivity index (χ0) is 22.9. The van der Waals surface area contributed by atoms with E-state index in [9.17, 15) is 0 Å². The van der Waals surface area contributed by atoms with Crippen molar-refractivity contribution in [2.75, 3.05) is 21.3 Å². The second kappa shape index (κ2) is 9.81. The van der Waals surface area contributed by atoms with Gasteiger partial charge in [0.25, 0.3) is 0 Å². The first-order valence-electron chi connectivity index (χ1n) is 10.5. The number of allylic oxidation sites excluding steroid dienone is 4. The summed E-state index contributed by atoms with van der Waals surface area (Å²) >= 11 is -2.20. The molecule has 0 fully saturated rings. The summed E-state index contributed by atoms with van der Waals surface area (Å²) in [6.45, 7) is 25.7. The van der Waals surface area contributed by atoms with Crippen molar-refractivity contribution in [2.24, 2.45) is 0 Å². The van der Waals surface area contributed by atoms with Gasteiger partial charge in [-0.2, -0.15) is 0 Å². The van der Waals surface area contributed by atoms with E-state index in [1.807, 2.05) is 3.96 Å². The SMILES string of the molecule is CO[Si](OC)(OC)C1=CC[C]([Pt]([CH2][Si](C)(C)C)([CH2][Si](C)(C)C)[CH2][Si](C)(C)C)=C1C. The van der Waals surface area contributed by atoms with Gasteiger partial charge in [0, 0.05) is 0 Å². The molecule has 1 aliphatic rings. The molecular formula is C21H48O3PtSi4. The fourth-order valence-electron chi connectivity index (χ4n) is 4.20. The fourth-order valence-corrected chi connectivity index (χ4v) is 68.7. The number of hydrogen-bond acceptors (Lipinski definition) is 3. The Kier molecular flexibility index (Phi) is 9.46. The Hall–Kier alpha value is 0.916. The summed E-state index contributed by atoms with van der Waals surface area (Å²) in [5.74, 6) is 0. The summed E-state index contributed by atoms with van der Waals surface area (Å²) in [5, 5.41) is 1.25. The van der Waals surface area contributed by atoms with Crippen LogP contribution in [0.3, 0.4) is 0 Å². The van der Waals surface area contributed by atoms with Crippen molar-refractivity contribution in [3.8, 4) is 0 Å². The molecule has 0 aromatic carbocycles. The van der Waals surface area contributed by atoms with E-state index in [0.717, 1.165) is 6.42 Å². The molecule has 3 nitrogen and oxygen atoms in total. The maximum atomic E-state index is 5.89. The Labute approximate surface area is 189 Å². The molecule has 0 atom stereocenters. The van der Waals surface area contributed by atoms with Crippen LogP contribution in [0.1, 0.15) is 13.3 Å². The van der Waals surface area contributed by atoms with Crippen LogP contribution in [0, 0.1) is 0 Å². The van der Waals surface area contributed by atoms with Gasteiger partial charge >= 0.3 is 190 Å². The van der Waals surface area contributed by atoms with Crippen LogP contribution in [-0.4, -0.2) is 54.4 Å². The van der Waals surface area contributed by atoms with Gasteiger partial charge in [0.1, 0.15) is 0 Å². The molecule has 0 aromatic heterocycles. The van der Waals surface area contributed by atoms with Crippen molar-refractivity contribution in [1.29, 1.82) is 0 Å². The molecule has 0 unspecified atom stereocenters. The van der Waals surface area contributed by atoms with Crippen molar-refractivity contribution in [2.45, 2.75) is 85.6 Å². The summed E-state index contributed by atoms with van der Waals surface area (Å²) in [6, 6.07) is 0. The topological polar surface area (TPSA) is 27.7 Å². The van der Waals surface area contributed by atoms with Gasteiger partial charge in [0.15, 0.2) is 0 Å². The second-order valence-electron chi connectivity index (χ2n) is 11.8. The predicted octanol–water partition coefficient (Wildman–Crippen LogP) is 7.05. The first-order chi connectivity index (χ1) is 12.9. The van der Waals surface area contributed by atoms with E-state index in [1.165, 1.54) is 10.8 Å². The summed E-state index contributed by atoms with van der Waals surface area (Å²) < 4.78 is 24.2. The first kappa shape index (κ1) is 27.9. The maximum absolute atomic E-state index is 5.89. The predicted molar refractivity (Wildman–Crippen MR) is 137 cm³/mol. The zero-order valence-corrected chi connectivity index (χ0v) is 27.7. The van der Waals surface area contributed by atoms with Gasteiger partial charge in [-0.1, -0.05) is 0 Å². The Morgan fingerprint density at radius 1 is 0.724 bits per heavy atom. The zero-order valence-electron chi connectivity index (χ0n) is 21.4. The third-order valence-corrected chi connectivity index (χ3v) is 50.4. The second-order valence-corrected chi connectivity index (χ2v) is 45.1.